The van der Waals surface area contributed by atoms with Gasteiger partial charge < -0.3 is 0 Å². The quantitative estimate of drug-likeness (QED) is 0.654. The van der Waals surface area contributed by atoms with E-state index >= 15 is 0 Å². The SMILES string of the molecule is Cc1cc(C(CC(C)C)NN)sc1Br. The Morgan fingerprint density at radius 1 is 1.57 bits per heavy atom. The van der Waals surface area contributed by atoms with Crippen molar-refractivity contribution < 1.29 is 0 Å². The zero-order valence-electron chi connectivity index (χ0n) is 8.80. The zero-order chi connectivity index (χ0) is 10.7. The topological polar surface area (TPSA) is 38.0 Å². The normalized spacial score (nSPS) is 13.6. The average molecular weight is 277 g/mol. The number of hydrogen-bond acceptors (Lipinski definition) is 3. The lowest BCUT2D eigenvalue weighted by atomic mass is 10.0. The summed E-state index contributed by atoms with van der Waals surface area (Å²) >= 11 is 5.29. The second-order valence-corrected chi connectivity index (χ2v) is 6.36. The third kappa shape index (κ3) is 3.05. The Hall–Kier alpha value is 0.100. The van der Waals surface area contributed by atoms with Crippen molar-refractivity contribution in [1.82, 2.24) is 5.43 Å². The fourth-order valence-electron chi connectivity index (χ4n) is 1.39. The highest BCUT2D eigenvalue weighted by Crippen LogP contribution is 2.33. The minimum Gasteiger partial charge on any atom is -0.271 e. The fraction of sp³-hybridized carbons (Fsp3) is 0.600. The summed E-state index contributed by atoms with van der Waals surface area (Å²) in [5, 5.41) is 0. The molecule has 0 amide bonds. The molecule has 1 aromatic rings. The second-order valence-electron chi connectivity index (χ2n) is 3.95. The molecule has 0 saturated carbocycles. The lowest BCUT2D eigenvalue weighted by Crippen LogP contribution is -2.28. The number of hydrazine groups is 1. The van der Waals surface area contributed by atoms with Gasteiger partial charge in [-0.15, -0.1) is 11.3 Å². The molecular weight excluding hydrogens is 260 g/mol. The molecule has 1 atom stereocenters. The van der Waals surface area contributed by atoms with Crippen molar-refractivity contribution in [3.8, 4) is 0 Å². The number of hydrogen-bond donors (Lipinski definition) is 2. The summed E-state index contributed by atoms with van der Waals surface area (Å²) in [6.07, 6.45) is 1.07. The lowest BCUT2D eigenvalue weighted by Gasteiger charge is -2.16. The lowest BCUT2D eigenvalue weighted by molar-refractivity contribution is 0.443. The van der Waals surface area contributed by atoms with E-state index in [9.17, 15) is 0 Å². The highest BCUT2D eigenvalue weighted by Gasteiger charge is 2.14. The monoisotopic (exact) mass is 276 g/mol. The molecule has 14 heavy (non-hydrogen) atoms. The summed E-state index contributed by atoms with van der Waals surface area (Å²) < 4.78 is 1.21. The van der Waals surface area contributed by atoms with Crippen molar-refractivity contribution in [2.24, 2.45) is 11.8 Å². The Morgan fingerprint density at radius 2 is 2.21 bits per heavy atom. The van der Waals surface area contributed by atoms with Crippen molar-refractivity contribution >= 4 is 27.3 Å². The van der Waals surface area contributed by atoms with Crippen molar-refractivity contribution in [3.05, 3.63) is 20.3 Å². The van der Waals surface area contributed by atoms with Gasteiger partial charge in [0.15, 0.2) is 0 Å². The molecule has 0 bridgehead atoms. The zero-order valence-corrected chi connectivity index (χ0v) is 11.2. The molecule has 1 heterocycles. The van der Waals surface area contributed by atoms with Crippen LogP contribution in [-0.2, 0) is 0 Å². The number of thiophene rings is 1. The molecule has 0 spiro atoms. The Kier molecular flexibility index (Phi) is 4.57. The van der Waals surface area contributed by atoms with Crippen LogP contribution >= 0.6 is 27.3 Å². The van der Waals surface area contributed by atoms with Crippen LogP contribution in [0.15, 0.2) is 9.85 Å². The van der Waals surface area contributed by atoms with Crippen LogP contribution in [0.3, 0.4) is 0 Å². The van der Waals surface area contributed by atoms with Crippen LogP contribution in [0.2, 0.25) is 0 Å². The number of aryl methyl sites for hydroxylation is 1. The van der Waals surface area contributed by atoms with Gasteiger partial charge in [-0.1, -0.05) is 13.8 Å². The van der Waals surface area contributed by atoms with Gasteiger partial charge in [-0.2, -0.15) is 0 Å². The van der Waals surface area contributed by atoms with Gasteiger partial charge >= 0.3 is 0 Å². The molecule has 0 aliphatic heterocycles. The number of halogens is 1. The van der Waals surface area contributed by atoms with E-state index in [0.717, 1.165) is 6.42 Å². The minimum atomic E-state index is 0.282. The van der Waals surface area contributed by atoms with Crippen LogP contribution in [0.1, 0.15) is 36.8 Å². The largest absolute Gasteiger partial charge is 0.271 e. The van der Waals surface area contributed by atoms with Gasteiger partial charge in [0.1, 0.15) is 0 Å². The summed E-state index contributed by atoms with van der Waals surface area (Å²) in [5.74, 6) is 6.20. The number of nitrogens with one attached hydrogen (secondary N) is 1. The van der Waals surface area contributed by atoms with E-state index < -0.39 is 0 Å². The van der Waals surface area contributed by atoms with Gasteiger partial charge in [0, 0.05) is 4.88 Å². The second kappa shape index (κ2) is 5.26. The van der Waals surface area contributed by atoms with Crippen LogP contribution in [0, 0.1) is 12.8 Å². The van der Waals surface area contributed by atoms with E-state index in [4.69, 9.17) is 5.84 Å². The first-order valence-electron chi connectivity index (χ1n) is 4.76. The molecule has 80 valence electrons. The van der Waals surface area contributed by atoms with Crippen LogP contribution in [0.5, 0.6) is 0 Å². The van der Waals surface area contributed by atoms with Crippen molar-refractivity contribution in [1.29, 1.82) is 0 Å². The summed E-state index contributed by atoms with van der Waals surface area (Å²) in [7, 11) is 0. The Labute approximate surface area is 98.0 Å². The molecule has 0 radical (unpaired) electrons. The maximum Gasteiger partial charge on any atom is 0.0731 e. The van der Waals surface area contributed by atoms with Gasteiger partial charge in [-0.25, -0.2) is 0 Å². The molecule has 0 aliphatic carbocycles. The average Bonchev–Trinajstić information content (AvgIpc) is 2.42. The van der Waals surface area contributed by atoms with E-state index in [1.165, 1.54) is 14.2 Å². The molecule has 0 fully saturated rings. The Balaban J connectivity index is 2.78. The first-order valence-corrected chi connectivity index (χ1v) is 6.37. The van der Waals surface area contributed by atoms with E-state index in [0.29, 0.717) is 5.92 Å². The van der Waals surface area contributed by atoms with E-state index in [1.54, 1.807) is 11.3 Å². The molecule has 1 unspecified atom stereocenters. The molecule has 0 saturated heterocycles. The predicted molar refractivity (Wildman–Crippen MR) is 66.3 cm³/mol. The van der Waals surface area contributed by atoms with E-state index in [2.05, 4.69) is 48.2 Å². The van der Waals surface area contributed by atoms with Gasteiger partial charge in [0.25, 0.3) is 0 Å². The summed E-state index contributed by atoms with van der Waals surface area (Å²) in [4.78, 5) is 1.31. The van der Waals surface area contributed by atoms with Crippen LogP contribution in [0.4, 0.5) is 0 Å². The third-order valence-electron chi connectivity index (χ3n) is 2.13. The van der Waals surface area contributed by atoms with Crippen LogP contribution in [-0.4, -0.2) is 0 Å². The minimum absolute atomic E-state index is 0.282. The van der Waals surface area contributed by atoms with Gasteiger partial charge in [-0.3, -0.25) is 11.3 Å². The molecule has 0 aromatic carbocycles. The van der Waals surface area contributed by atoms with Crippen molar-refractivity contribution in [2.75, 3.05) is 0 Å². The first-order chi connectivity index (χ1) is 6.54. The summed E-state index contributed by atoms with van der Waals surface area (Å²) in [5.41, 5.74) is 4.17. The van der Waals surface area contributed by atoms with Gasteiger partial charge in [0.05, 0.1) is 9.83 Å². The Bertz CT molecular complexity index is 277. The summed E-state index contributed by atoms with van der Waals surface area (Å²) in [6.45, 7) is 6.52. The fourth-order valence-corrected chi connectivity index (χ4v) is 3.04. The highest BCUT2D eigenvalue weighted by atomic mass is 79.9. The van der Waals surface area contributed by atoms with Gasteiger partial charge in [-0.05, 0) is 46.8 Å². The van der Waals surface area contributed by atoms with Gasteiger partial charge in [0.2, 0.25) is 0 Å². The highest BCUT2D eigenvalue weighted by molar-refractivity contribution is 9.11. The molecule has 1 rings (SSSR count). The van der Waals surface area contributed by atoms with Crippen LogP contribution < -0.4 is 11.3 Å². The molecule has 3 N–H and O–H groups in total. The number of rotatable bonds is 4. The maximum absolute atomic E-state index is 5.55. The standard InChI is InChI=1S/C10H17BrN2S/c1-6(2)4-8(13-12)9-5-7(3)10(11)14-9/h5-6,8,13H,4,12H2,1-3H3. The summed E-state index contributed by atoms with van der Waals surface area (Å²) in [6, 6.07) is 2.48. The maximum atomic E-state index is 5.55. The van der Waals surface area contributed by atoms with E-state index in [-0.39, 0.29) is 6.04 Å². The molecule has 4 heteroatoms. The van der Waals surface area contributed by atoms with Crippen molar-refractivity contribution in [3.63, 3.8) is 0 Å². The van der Waals surface area contributed by atoms with E-state index in [1.807, 2.05) is 0 Å². The molecular formula is C10H17BrN2S. The van der Waals surface area contributed by atoms with Crippen LogP contribution in [0.25, 0.3) is 0 Å². The first kappa shape index (κ1) is 12.2. The number of nitrogens with two attached hydrogens (primary N) is 1. The third-order valence-corrected chi connectivity index (χ3v) is 4.38. The predicted octanol–water partition coefficient (Wildman–Crippen LogP) is 3.37. The Morgan fingerprint density at radius 3 is 2.57 bits per heavy atom. The molecule has 2 nitrogen and oxygen atoms in total. The molecule has 1 aromatic heterocycles. The smallest absolute Gasteiger partial charge is 0.0731 e. The van der Waals surface area contributed by atoms with Crippen molar-refractivity contribution in [2.45, 2.75) is 33.2 Å². The molecule has 0 aliphatic rings.